The zero-order valence-electron chi connectivity index (χ0n) is 11.8. The van der Waals surface area contributed by atoms with Crippen molar-refractivity contribution in [2.24, 2.45) is 0 Å². The smallest absolute Gasteiger partial charge is 0.118 e. The van der Waals surface area contributed by atoms with Crippen LogP contribution in [0.25, 0.3) is 0 Å². The topological polar surface area (TPSA) is 35.5 Å². The minimum atomic E-state index is 0.383. The number of aryl methyl sites for hydroxylation is 2. The third-order valence-corrected chi connectivity index (χ3v) is 3.85. The molecule has 1 aliphatic rings. The summed E-state index contributed by atoms with van der Waals surface area (Å²) in [5.41, 5.74) is 3.20. The second kappa shape index (κ2) is 5.19. The van der Waals surface area contributed by atoms with E-state index in [1.165, 1.54) is 13.0 Å². The number of phenolic OH excluding ortho intramolecular Hbond substituents is 1. The zero-order chi connectivity index (χ0) is 13.3. The summed E-state index contributed by atoms with van der Waals surface area (Å²) in [6.45, 7) is 10.8. The first-order valence-electron chi connectivity index (χ1n) is 6.78. The lowest BCUT2D eigenvalue weighted by Gasteiger charge is -2.21. The fourth-order valence-corrected chi connectivity index (χ4v) is 2.55. The van der Waals surface area contributed by atoms with E-state index < -0.39 is 0 Å². The minimum absolute atomic E-state index is 0.383. The summed E-state index contributed by atoms with van der Waals surface area (Å²) in [6.07, 6.45) is 1.19. The highest BCUT2D eigenvalue weighted by atomic mass is 16.3. The molecule has 0 amide bonds. The zero-order valence-corrected chi connectivity index (χ0v) is 11.8. The van der Waals surface area contributed by atoms with Crippen molar-refractivity contribution in [1.29, 1.82) is 0 Å². The van der Waals surface area contributed by atoms with Crippen LogP contribution in [0.3, 0.4) is 0 Å². The Labute approximate surface area is 110 Å². The van der Waals surface area contributed by atoms with Gasteiger partial charge in [-0.05, 0) is 57.4 Å². The first-order valence-corrected chi connectivity index (χ1v) is 6.78. The van der Waals surface area contributed by atoms with E-state index >= 15 is 0 Å². The Morgan fingerprint density at radius 2 is 2.00 bits per heavy atom. The van der Waals surface area contributed by atoms with Crippen molar-refractivity contribution in [2.75, 3.05) is 18.4 Å². The van der Waals surface area contributed by atoms with Gasteiger partial charge in [0, 0.05) is 30.9 Å². The van der Waals surface area contributed by atoms with Gasteiger partial charge in [0.25, 0.3) is 0 Å². The maximum atomic E-state index is 9.66. The van der Waals surface area contributed by atoms with Gasteiger partial charge in [-0.3, -0.25) is 4.90 Å². The second-order valence-corrected chi connectivity index (χ2v) is 5.67. The average Bonchev–Trinajstić information content (AvgIpc) is 2.74. The summed E-state index contributed by atoms with van der Waals surface area (Å²) in [4.78, 5) is 2.50. The van der Waals surface area contributed by atoms with Gasteiger partial charge < -0.3 is 10.4 Å². The van der Waals surface area contributed by atoms with Crippen LogP contribution in [0.2, 0.25) is 0 Å². The molecule has 18 heavy (non-hydrogen) atoms. The van der Waals surface area contributed by atoms with Gasteiger partial charge in [0.2, 0.25) is 0 Å². The van der Waals surface area contributed by atoms with Crippen molar-refractivity contribution in [3.63, 3.8) is 0 Å². The molecule has 2 rings (SSSR count). The van der Waals surface area contributed by atoms with Crippen LogP contribution in [-0.2, 0) is 0 Å². The molecule has 1 fully saturated rings. The molecule has 2 N–H and O–H groups in total. The van der Waals surface area contributed by atoms with E-state index in [-0.39, 0.29) is 0 Å². The number of likely N-dealkylation sites (tertiary alicyclic amines) is 1. The molecular formula is C15H24N2O. The van der Waals surface area contributed by atoms with Crippen LogP contribution in [0.5, 0.6) is 5.75 Å². The average molecular weight is 248 g/mol. The van der Waals surface area contributed by atoms with Crippen molar-refractivity contribution >= 4 is 5.69 Å². The molecule has 0 aliphatic carbocycles. The van der Waals surface area contributed by atoms with E-state index in [4.69, 9.17) is 0 Å². The van der Waals surface area contributed by atoms with Crippen molar-refractivity contribution in [3.8, 4) is 5.75 Å². The van der Waals surface area contributed by atoms with Crippen LogP contribution in [0.1, 0.15) is 31.4 Å². The maximum Gasteiger partial charge on any atom is 0.118 e. The van der Waals surface area contributed by atoms with E-state index in [1.54, 1.807) is 0 Å². The highest BCUT2D eigenvalue weighted by molar-refractivity contribution is 5.57. The number of hydrogen-bond donors (Lipinski definition) is 2. The molecule has 1 saturated heterocycles. The van der Waals surface area contributed by atoms with Crippen LogP contribution in [-0.4, -0.2) is 35.2 Å². The van der Waals surface area contributed by atoms with Crippen LogP contribution in [0, 0.1) is 13.8 Å². The fourth-order valence-electron chi connectivity index (χ4n) is 2.55. The quantitative estimate of drug-likeness (QED) is 0.807. The Bertz CT molecular complexity index is 429. The molecule has 3 nitrogen and oxygen atoms in total. The van der Waals surface area contributed by atoms with Gasteiger partial charge in [-0.1, -0.05) is 0 Å². The molecule has 0 saturated carbocycles. The number of benzene rings is 1. The number of nitrogens with one attached hydrogen (secondary N) is 1. The molecule has 1 aromatic carbocycles. The van der Waals surface area contributed by atoms with Gasteiger partial charge >= 0.3 is 0 Å². The fraction of sp³-hybridized carbons (Fsp3) is 0.600. The molecule has 3 heteroatoms. The Hall–Kier alpha value is -1.22. The molecule has 100 valence electrons. The molecule has 1 unspecified atom stereocenters. The molecule has 1 heterocycles. The molecule has 0 spiro atoms. The summed E-state index contributed by atoms with van der Waals surface area (Å²) < 4.78 is 0. The number of phenols is 1. The van der Waals surface area contributed by atoms with Crippen LogP contribution in [0.15, 0.2) is 12.1 Å². The van der Waals surface area contributed by atoms with Crippen LogP contribution in [0.4, 0.5) is 5.69 Å². The van der Waals surface area contributed by atoms with Gasteiger partial charge in [-0.2, -0.15) is 0 Å². The summed E-state index contributed by atoms with van der Waals surface area (Å²) in [6, 6.07) is 5.03. The highest BCUT2D eigenvalue weighted by Crippen LogP contribution is 2.27. The van der Waals surface area contributed by atoms with Crippen LogP contribution >= 0.6 is 0 Å². The maximum absolute atomic E-state index is 9.66. The Kier molecular flexibility index (Phi) is 3.81. The standard InChI is InChI=1S/C15H24N2O/c1-10(2)17-6-5-13(9-17)16-14-7-12(4)15(18)8-11(14)3/h7-8,10,13,16,18H,5-6,9H2,1-4H3. The number of hydrogen-bond acceptors (Lipinski definition) is 3. The minimum Gasteiger partial charge on any atom is -0.508 e. The Morgan fingerprint density at radius 1 is 1.28 bits per heavy atom. The van der Waals surface area contributed by atoms with Gasteiger partial charge in [0.05, 0.1) is 0 Å². The SMILES string of the molecule is Cc1cc(NC2CCN(C(C)C)C2)c(C)cc1O. The lowest BCUT2D eigenvalue weighted by atomic mass is 10.1. The van der Waals surface area contributed by atoms with Crippen molar-refractivity contribution in [3.05, 3.63) is 23.3 Å². The molecule has 1 aromatic rings. The highest BCUT2D eigenvalue weighted by Gasteiger charge is 2.24. The summed E-state index contributed by atoms with van der Waals surface area (Å²) in [5, 5.41) is 13.3. The van der Waals surface area contributed by atoms with Gasteiger partial charge in [-0.25, -0.2) is 0 Å². The summed E-state index contributed by atoms with van der Waals surface area (Å²) >= 11 is 0. The van der Waals surface area contributed by atoms with Gasteiger partial charge in [-0.15, -0.1) is 0 Å². The molecule has 0 radical (unpaired) electrons. The van der Waals surface area contributed by atoms with Crippen molar-refractivity contribution in [2.45, 2.75) is 46.2 Å². The normalized spacial score (nSPS) is 20.6. The van der Waals surface area contributed by atoms with Crippen molar-refractivity contribution < 1.29 is 5.11 Å². The molecular weight excluding hydrogens is 224 g/mol. The van der Waals surface area contributed by atoms with Crippen molar-refractivity contribution in [1.82, 2.24) is 4.90 Å². The van der Waals surface area contributed by atoms with E-state index in [2.05, 4.69) is 24.1 Å². The third kappa shape index (κ3) is 2.78. The predicted octanol–water partition coefficient (Wildman–Crippen LogP) is 2.90. The Morgan fingerprint density at radius 3 is 2.61 bits per heavy atom. The monoisotopic (exact) mass is 248 g/mol. The first-order chi connectivity index (χ1) is 8.47. The third-order valence-electron chi connectivity index (χ3n) is 3.85. The predicted molar refractivity (Wildman–Crippen MR) is 76.3 cm³/mol. The van der Waals surface area contributed by atoms with E-state index in [1.807, 2.05) is 26.0 Å². The van der Waals surface area contributed by atoms with E-state index in [0.29, 0.717) is 17.8 Å². The molecule has 0 aromatic heterocycles. The second-order valence-electron chi connectivity index (χ2n) is 5.67. The lowest BCUT2D eigenvalue weighted by Crippen LogP contribution is -2.31. The number of anilines is 1. The van der Waals surface area contributed by atoms with E-state index in [9.17, 15) is 5.11 Å². The number of nitrogens with zero attached hydrogens (tertiary/aromatic N) is 1. The summed E-state index contributed by atoms with van der Waals surface area (Å²) in [7, 11) is 0. The number of aromatic hydroxyl groups is 1. The van der Waals surface area contributed by atoms with Gasteiger partial charge in [0.1, 0.15) is 5.75 Å². The molecule has 1 aliphatic heterocycles. The molecule has 0 bridgehead atoms. The lowest BCUT2D eigenvalue weighted by molar-refractivity contribution is 0.274. The number of rotatable bonds is 3. The summed E-state index contributed by atoms with van der Waals surface area (Å²) in [5.74, 6) is 0.383. The largest absolute Gasteiger partial charge is 0.508 e. The van der Waals surface area contributed by atoms with Gasteiger partial charge in [0.15, 0.2) is 0 Å². The first kappa shape index (κ1) is 13.2. The van der Waals surface area contributed by atoms with E-state index in [0.717, 1.165) is 23.4 Å². The molecule has 1 atom stereocenters. The van der Waals surface area contributed by atoms with Crippen LogP contribution < -0.4 is 5.32 Å². The Balaban J connectivity index is 2.05.